The Labute approximate surface area is 103 Å². The summed E-state index contributed by atoms with van der Waals surface area (Å²) in [5.41, 5.74) is 0.795. The van der Waals surface area contributed by atoms with Gasteiger partial charge in [-0.15, -0.1) is 0 Å². The molecule has 2 N–H and O–H groups in total. The Bertz CT molecular complexity index is 280. The van der Waals surface area contributed by atoms with E-state index < -0.39 is 5.60 Å². The van der Waals surface area contributed by atoms with E-state index in [9.17, 15) is 5.11 Å². The number of nitrogens with one attached hydrogen (secondary N) is 1. The van der Waals surface area contributed by atoms with Crippen molar-refractivity contribution in [2.24, 2.45) is 5.92 Å². The lowest BCUT2D eigenvalue weighted by Crippen LogP contribution is -2.39. The molecule has 1 atom stereocenters. The summed E-state index contributed by atoms with van der Waals surface area (Å²) in [5.74, 6) is 0.536. The summed E-state index contributed by atoms with van der Waals surface area (Å²) in [7, 11) is 0. The second-order valence-corrected chi connectivity index (χ2v) is 5.93. The Balaban J connectivity index is 2.15. The largest absolute Gasteiger partial charge is 0.389 e. The van der Waals surface area contributed by atoms with Gasteiger partial charge >= 0.3 is 0 Å². The third-order valence-electron chi connectivity index (χ3n) is 2.52. The minimum absolute atomic E-state index is 0.536. The van der Waals surface area contributed by atoms with Crippen LogP contribution in [-0.4, -0.2) is 23.8 Å². The van der Waals surface area contributed by atoms with E-state index in [0.29, 0.717) is 12.5 Å². The number of hydrogen-bond acceptors (Lipinski definition) is 3. The predicted octanol–water partition coefficient (Wildman–Crippen LogP) is 2.68. The molecule has 0 aliphatic carbocycles. The van der Waals surface area contributed by atoms with E-state index >= 15 is 0 Å². The Hall–Kier alpha value is -0.380. The van der Waals surface area contributed by atoms with Crippen molar-refractivity contribution in [2.45, 2.75) is 39.2 Å². The molecule has 92 valence electrons. The van der Waals surface area contributed by atoms with E-state index in [1.165, 1.54) is 5.56 Å². The van der Waals surface area contributed by atoms with Gasteiger partial charge in [-0.3, -0.25) is 0 Å². The van der Waals surface area contributed by atoms with Crippen LogP contribution < -0.4 is 5.32 Å². The lowest BCUT2D eigenvalue weighted by Gasteiger charge is -2.25. The van der Waals surface area contributed by atoms with Crippen LogP contribution in [0.5, 0.6) is 0 Å². The molecular formula is C13H23NOS. The fourth-order valence-corrected chi connectivity index (χ4v) is 2.68. The first-order chi connectivity index (χ1) is 7.49. The Morgan fingerprint density at radius 3 is 2.81 bits per heavy atom. The highest BCUT2D eigenvalue weighted by atomic mass is 32.1. The lowest BCUT2D eigenvalue weighted by atomic mass is 9.94. The highest BCUT2D eigenvalue weighted by Gasteiger charge is 2.20. The highest BCUT2D eigenvalue weighted by molar-refractivity contribution is 7.07. The maximum Gasteiger partial charge on any atom is 0.0746 e. The van der Waals surface area contributed by atoms with Crippen LogP contribution in [0.15, 0.2) is 16.8 Å². The zero-order valence-electron chi connectivity index (χ0n) is 10.5. The summed E-state index contributed by atoms with van der Waals surface area (Å²) in [6, 6.07) is 2.15. The quantitative estimate of drug-likeness (QED) is 0.719. The van der Waals surface area contributed by atoms with Crippen molar-refractivity contribution in [3.05, 3.63) is 22.4 Å². The van der Waals surface area contributed by atoms with E-state index in [4.69, 9.17) is 0 Å². The van der Waals surface area contributed by atoms with Gasteiger partial charge in [-0.2, -0.15) is 11.3 Å². The third-order valence-corrected chi connectivity index (χ3v) is 3.26. The molecule has 3 heteroatoms. The number of thiophene rings is 1. The van der Waals surface area contributed by atoms with E-state index in [0.717, 1.165) is 19.4 Å². The molecule has 0 spiro atoms. The molecule has 16 heavy (non-hydrogen) atoms. The van der Waals surface area contributed by atoms with E-state index in [2.05, 4.69) is 36.0 Å². The van der Waals surface area contributed by atoms with Crippen molar-refractivity contribution < 1.29 is 5.11 Å². The topological polar surface area (TPSA) is 32.3 Å². The second kappa shape index (κ2) is 6.38. The van der Waals surface area contributed by atoms with Crippen LogP contribution in [0, 0.1) is 5.92 Å². The summed E-state index contributed by atoms with van der Waals surface area (Å²) in [6.45, 7) is 7.80. The Morgan fingerprint density at radius 2 is 2.25 bits per heavy atom. The summed E-state index contributed by atoms with van der Waals surface area (Å²) in [4.78, 5) is 0. The van der Waals surface area contributed by atoms with Gasteiger partial charge in [0.15, 0.2) is 0 Å². The molecule has 1 aromatic rings. The maximum absolute atomic E-state index is 10.1. The van der Waals surface area contributed by atoms with Crippen molar-refractivity contribution in [1.29, 1.82) is 0 Å². The number of hydrogen-bond donors (Lipinski definition) is 2. The molecule has 0 aliphatic rings. The molecule has 1 aromatic heterocycles. The lowest BCUT2D eigenvalue weighted by molar-refractivity contribution is 0.0389. The average Bonchev–Trinajstić information content (AvgIpc) is 2.62. The van der Waals surface area contributed by atoms with Crippen LogP contribution in [0.2, 0.25) is 0 Å². The highest BCUT2D eigenvalue weighted by Crippen LogP contribution is 2.15. The van der Waals surface area contributed by atoms with Gasteiger partial charge < -0.3 is 10.4 Å². The number of aliphatic hydroxyl groups is 1. The molecule has 0 amide bonds. The first-order valence-electron chi connectivity index (χ1n) is 5.94. The maximum atomic E-state index is 10.1. The summed E-state index contributed by atoms with van der Waals surface area (Å²) in [6.07, 6.45) is 1.89. The zero-order chi connectivity index (χ0) is 12.0. The molecular weight excluding hydrogens is 218 g/mol. The van der Waals surface area contributed by atoms with Gasteiger partial charge in [-0.05, 0) is 54.6 Å². The molecule has 0 fully saturated rings. The van der Waals surface area contributed by atoms with Crippen LogP contribution in [0.25, 0.3) is 0 Å². The predicted molar refractivity (Wildman–Crippen MR) is 71.0 cm³/mol. The normalized spacial score (nSPS) is 15.3. The van der Waals surface area contributed by atoms with Gasteiger partial charge in [-0.1, -0.05) is 13.8 Å². The Kier molecular flexibility index (Phi) is 5.46. The molecule has 1 rings (SSSR count). The van der Waals surface area contributed by atoms with E-state index in [-0.39, 0.29) is 0 Å². The van der Waals surface area contributed by atoms with Gasteiger partial charge in [0, 0.05) is 6.54 Å². The van der Waals surface area contributed by atoms with Gasteiger partial charge in [0.05, 0.1) is 5.60 Å². The van der Waals surface area contributed by atoms with Crippen LogP contribution in [-0.2, 0) is 6.42 Å². The third kappa shape index (κ3) is 5.64. The first-order valence-corrected chi connectivity index (χ1v) is 6.88. The van der Waals surface area contributed by atoms with Gasteiger partial charge in [0.25, 0.3) is 0 Å². The van der Waals surface area contributed by atoms with Crippen LogP contribution >= 0.6 is 11.3 Å². The van der Waals surface area contributed by atoms with Crippen LogP contribution in [0.1, 0.15) is 32.8 Å². The molecule has 0 aromatic carbocycles. The average molecular weight is 241 g/mol. The smallest absolute Gasteiger partial charge is 0.0746 e. The van der Waals surface area contributed by atoms with Crippen molar-refractivity contribution in [2.75, 3.05) is 13.1 Å². The molecule has 2 nitrogen and oxygen atoms in total. The second-order valence-electron chi connectivity index (χ2n) is 5.15. The molecule has 0 radical (unpaired) electrons. The Morgan fingerprint density at radius 1 is 1.50 bits per heavy atom. The standard InChI is InChI=1S/C13H23NOS/c1-11(2)8-13(3,15)10-14-6-4-12-5-7-16-9-12/h5,7,9,11,14-15H,4,6,8,10H2,1-3H3. The molecule has 0 aliphatic heterocycles. The summed E-state index contributed by atoms with van der Waals surface area (Å²) < 4.78 is 0. The van der Waals surface area contributed by atoms with Gasteiger partial charge in [0.2, 0.25) is 0 Å². The zero-order valence-corrected chi connectivity index (χ0v) is 11.3. The van der Waals surface area contributed by atoms with Gasteiger partial charge in [0.1, 0.15) is 0 Å². The summed E-state index contributed by atoms with van der Waals surface area (Å²) >= 11 is 1.73. The van der Waals surface area contributed by atoms with Crippen molar-refractivity contribution in [3.8, 4) is 0 Å². The molecule has 0 saturated heterocycles. The molecule has 0 bridgehead atoms. The van der Waals surface area contributed by atoms with Crippen LogP contribution in [0.3, 0.4) is 0 Å². The van der Waals surface area contributed by atoms with Crippen molar-refractivity contribution in [1.82, 2.24) is 5.32 Å². The van der Waals surface area contributed by atoms with Crippen molar-refractivity contribution in [3.63, 3.8) is 0 Å². The monoisotopic (exact) mass is 241 g/mol. The minimum atomic E-state index is -0.581. The van der Waals surface area contributed by atoms with Crippen LogP contribution in [0.4, 0.5) is 0 Å². The van der Waals surface area contributed by atoms with E-state index in [1.807, 2.05) is 6.92 Å². The van der Waals surface area contributed by atoms with E-state index in [1.54, 1.807) is 11.3 Å². The molecule has 0 saturated carbocycles. The minimum Gasteiger partial charge on any atom is -0.389 e. The van der Waals surface area contributed by atoms with Gasteiger partial charge in [-0.25, -0.2) is 0 Å². The fraction of sp³-hybridized carbons (Fsp3) is 0.692. The first kappa shape index (κ1) is 13.7. The fourth-order valence-electron chi connectivity index (χ4n) is 1.98. The SMILES string of the molecule is CC(C)CC(C)(O)CNCCc1ccsc1. The molecule has 1 unspecified atom stereocenters. The van der Waals surface area contributed by atoms with Crippen molar-refractivity contribution >= 4 is 11.3 Å². The summed E-state index contributed by atoms with van der Waals surface area (Å²) in [5, 5.41) is 17.7. The molecule has 1 heterocycles. The number of rotatable bonds is 7.